The van der Waals surface area contributed by atoms with E-state index in [1.807, 2.05) is 27.7 Å². The maximum absolute atomic E-state index is 14.1. The zero-order valence-electron chi connectivity index (χ0n) is 36.2. The van der Waals surface area contributed by atoms with E-state index in [-0.39, 0.29) is 68.9 Å². The van der Waals surface area contributed by atoms with Crippen LogP contribution in [0.15, 0.2) is 4.99 Å². The van der Waals surface area contributed by atoms with Crippen LogP contribution in [0.4, 0.5) is 0 Å². The van der Waals surface area contributed by atoms with E-state index in [9.17, 15) is 43.2 Å². The van der Waals surface area contributed by atoms with Gasteiger partial charge in [0, 0.05) is 19.5 Å². The number of guanidine groups is 1. The van der Waals surface area contributed by atoms with Crippen molar-refractivity contribution in [3.05, 3.63) is 0 Å². The number of amides is 9. The number of rotatable bonds is 26. The normalized spacial score (nSPS) is 17.9. The average molecular weight is 863 g/mol. The first kappa shape index (κ1) is 51.6. The largest absolute Gasteiger partial charge is 0.370 e. The first-order chi connectivity index (χ1) is 28.7. The molecule has 2 rings (SSSR count). The number of hydrogen-bond acceptors (Lipinski definition) is 10. The number of hydrogen-bond donors (Lipinski definition) is 10. The van der Waals surface area contributed by atoms with Crippen molar-refractivity contribution in [2.75, 3.05) is 13.1 Å². The molecule has 1 saturated heterocycles. The highest BCUT2D eigenvalue weighted by Crippen LogP contribution is 2.27. The monoisotopic (exact) mass is 863 g/mol. The maximum atomic E-state index is 14.1. The molecule has 9 amide bonds. The second-order valence-electron chi connectivity index (χ2n) is 17.0. The van der Waals surface area contributed by atoms with E-state index in [0.717, 1.165) is 32.1 Å². The van der Waals surface area contributed by atoms with Crippen molar-refractivity contribution in [1.29, 1.82) is 0 Å². The van der Waals surface area contributed by atoms with Gasteiger partial charge in [0.15, 0.2) is 5.96 Å². The summed E-state index contributed by atoms with van der Waals surface area (Å²) in [6.07, 6.45) is 6.59. The fourth-order valence-corrected chi connectivity index (χ4v) is 7.67. The van der Waals surface area contributed by atoms with Crippen molar-refractivity contribution >= 4 is 59.1 Å². The van der Waals surface area contributed by atoms with E-state index in [4.69, 9.17) is 28.7 Å². The highest BCUT2D eigenvalue weighted by atomic mass is 16.2. The van der Waals surface area contributed by atoms with Crippen molar-refractivity contribution < 1.29 is 43.2 Å². The fourth-order valence-electron chi connectivity index (χ4n) is 7.67. The Kier molecular flexibility index (Phi) is 22.0. The Bertz CT molecular complexity index is 1580. The summed E-state index contributed by atoms with van der Waals surface area (Å²) in [6.45, 7) is 7.63. The molecule has 1 aliphatic heterocycles. The summed E-state index contributed by atoms with van der Waals surface area (Å²) in [7, 11) is 0. The Labute approximate surface area is 358 Å². The van der Waals surface area contributed by atoms with Crippen LogP contribution in [0.5, 0.6) is 0 Å². The number of primary amides is 3. The zero-order chi connectivity index (χ0) is 45.8. The van der Waals surface area contributed by atoms with Crippen LogP contribution in [0.25, 0.3) is 0 Å². The number of carbonyl (C=O) groups excluding carboxylic acids is 9. The molecule has 2 fully saturated rings. The van der Waals surface area contributed by atoms with Gasteiger partial charge in [-0.3, -0.25) is 48.1 Å². The fraction of sp³-hybridized carbons (Fsp3) is 0.750. The van der Waals surface area contributed by atoms with Crippen LogP contribution in [0.3, 0.4) is 0 Å². The third-order valence-electron chi connectivity index (χ3n) is 10.7. The Hall–Kier alpha value is -5.50. The molecule has 6 atom stereocenters. The minimum Gasteiger partial charge on any atom is -0.370 e. The van der Waals surface area contributed by atoms with Gasteiger partial charge in [0.2, 0.25) is 53.2 Å². The van der Waals surface area contributed by atoms with Gasteiger partial charge in [-0.1, -0.05) is 59.8 Å². The van der Waals surface area contributed by atoms with Gasteiger partial charge in [0.05, 0.1) is 12.8 Å². The molecule has 1 heterocycles. The number of likely N-dealkylation sites (tertiary alicyclic amines) is 1. The first-order valence-electron chi connectivity index (χ1n) is 21.4. The van der Waals surface area contributed by atoms with Crippen LogP contribution in [-0.4, -0.2) is 113 Å². The van der Waals surface area contributed by atoms with Gasteiger partial charge in [0.1, 0.15) is 36.3 Å². The van der Waals surface area contributed by atoms with Crippen molar-refractivity contribution in [2.24, 2.45) is 51.4 Å². The molecule has 1 saturated carbocycles. The van der Waals surface area contributed by atoms with Crippen LogP contribution in [0.1, 0.15) is 124 Å². The number of nitrogens with one attached hydrogen (secondary N) is 5. The molecule has 0 bridgehead atoms. The van der Waals surface area contributed by atoms with Gasteiger partial charge in [0.25, 0.3) is 0 Å². The van der Waals surface area contributed by atoms with E-state index in [2.05, 4.69) is 31.6 Å². The minimum atomic E-state index is -1.53. The van der Waals surface area contributed by atoms with Gasteiger partial charge in [-0.15, -0.1) is 0 Å². The summed E-state index contributed by atoms with van der Waals surface area (Å²) in [5.41, 5.74) is 26.9. The summed E-state index contributed by atoms with van der Waals surface area (Å²) < 4.78 is 0. The summed E-state index contributed by atoms with van der Waals surface area (Å²) in [5, 5.41) is 13.1. The molecule has 0 spiro atoms. The third-order valence-corrected chi connectivity index (χ3v) is 10.7. The van der Waals surface area contributed by atoms with Crippen LogP contribution in [0, 0.1) is 17.8 Å². The summed E-state index contributed by atoms with van der Waals surface area (Å²) in [5.74, 6) is -6.69. The summed E-state index contributed by atoms with van der Waals surface area (Å²) in [4.78, 5) is 123. The lowest BCUT2D eigenvalue weighted by atomic mass is 9.86. The molecule has 21 heteroatoms. The molecular weight excluding hydrogens is 793 g/mol. The quantitative estimate of drug-likeness (QED) is 0.0261. The smallest absolute Gasteiger partial charge is 0.246 e. The molecule has 344 valence electrons. The molecule has 0 unspecified atom stereocenters. The lowest BCUT2D eigenvalue weighted by Gasteiger charge is -2.31. The van der Waals surface area contributed by atoms with Gasteiger partial charge in [-0.05, 0) is 62.7 Å². The van der Waals surface area contributed by atoms with Crippen LogP contribution < -0.4 is 55.3 Å². The Morgan fingerprint density at radius 1 is 0.623 bits per heavy atom. The van der Waals surface area contributed by atoms with E-state index in [1.165, 1.54) is 11.3 Å². The molecule has 0 aromatic carbocycles. The van der Waals surface area contributed by atoms with Crippen molar-refractivity contribution in [3.8, 4) is 0 Å². The lowest BCUT2D eigenvalue weighted by molar-refractivity contribution is -0.143. The summed E-state index contributed by atoms with van der Waals surface area (Å²) >= 11 is 0. The predicted octanol–water partition coefficient (Wildman–Crippen LogP) is -1.86. The second kappa shape index (κ2) is 26.0. The molecular formula is C40H70N12O9. The number of nitrogens with zero attached hydrogens (tertiary/aromatic N) is 2. The highest BCUT2D eigenvalue weighted by Gasteiger charge is 2.40. The van der Waals surface area contributed by atoms with E-state index >= 15 is 0 Å². The van der Waals surface area contributed by atoms with E-state index in [0.29, 0.717) is 18.8 Å². The topological polar surface area (TPSA) is 359 Å². The molecule has 2 aliphatic rings. The van der Waals surface area contributed by atoms with Gasteiger partial charge >= 0.3 is 0 Å². The number of nitrogens with two attached hydrogens (primary N) is 5. The molecule has 0 radical (unpaired) electrons. The van der Waals surface area contributed by atoms with Gasteiger partial charge < -0.3 is 60.2 Å². The molecule has 0 aromatic heterocycles. The average Bonchev–Trinajstić information content (AvgIpc) is 3.67. The van der Waals surface area contributed by atoms with Gasteiger partial charge in [-0.2, -0.15) is 0 Å². The Morgan fingerprint density at radius 2 is 1.15 bits per heavy atom. The standard InChI is InChI=1S/C40H70N12O9/c1-22(2)18-27(47-33(55)15-14-24-10-6-5-7-11-24)36(58)50-28(19-23(3)4)37(59)51-29(21-32(42)54)39(61)52-17-9-13-30(52)38(60)48-25(12-8-16-46-40(44)45)35(57)49-26(34(43)56)20-31(41)53/h22-30H,5-21H2,1-4H3,(H2,41,53)(H2,42,54)(H2,43,56)(H,47,55)(H,48,60)(H,49,57)(H,50,58)(H,51,59)(H4,44,45,46)/t25-,26-,27-,28-,29-,30-/m0/s1. The predicted molar refractivity (Wildman–Crippen MR) is 226 cm³/mol. The van der Waals surface area contributed by atoms with Gasteiger partial charge in [-0.25, -0.2) is 0 Å². The molecule has 21 nitrogen and oxygen atoms in total. The first-order valence-corrected chi connectivity index (χ1v) is 21.4. The Morgan fingerprint density at radius 3 is 1.69 bits per heavy atom. The maximum Gasteiger partial charge on any atom is 0.246 e. The van der Waals surface area contributed by atoms with Crippen molar-refractivity contribution in [1.82, 2.24) is 31.5 Å². The minimum absolute atomic E-state index is 0.0261. The van der Waals surface area contributed by atoms with Crippen LogP contribution in [-0.2, 0) is 43.2 Å². The lowest BCUT2D eigenvalue weighted by Crippen LogP contribution is -2.60. The van der Waals surface area contributed by atoms with Crippen LogP contribution >= 0.6 is 0 Å². The second-order valence-corrected chi connectivity index (χ2v) is 17.0. The van der Waals surface area contributed by atoms with Crippen molar-refractivity contribution in [3.63, 3.8) is 0 Å². The van der Waals surface area contributed by atoms with Crippen molar-refractivity contribution in [2.45, 2.75) is 160 Å². The number of carbonyl (C=O) groups is 9. The third kappa shape index (κ3) is 19.2. The molecule has 61 heavy (non-hydrogen) atoms. The molecule has 0 aromatic rings. The molecule has 1 aliphatic carbocycles. The zero-order valence-corrected chi connectivity index (χ0v) is 36.2. The van der Waals surface area contributed by atoms with Crippen LogP contribution in [0.2, 0.25) is 0 Å². The highest BCUT2D eigenvalue weighted by molar-refractivity contribution is 5.99. The SMILES string of the molecule is CC(C)C[C@H](NC(=O)CCC1CCCCC1)C(=O)N[C@@H](CC(C)C)C(=O)N[C@@H](CC(N)=O)C(=O)N1CCC[C@H]1C(=O)N[C@@H](CCCN=C(N)N)C(=O)N[C@@H](CC(N)=O)C(N)=O. The van der Waals surface area contributed by atoms with E-state index < -0.39 is 96.4 Å². The van der Waals surface area contributed by atoms with E-state index in [1.54, 1.807) is 0 Å². The summed E-state index contributed by atoms with van der Waals surface area (Å²) in [6, 6.07) is -7.55. The Balaban J connectivity index is 2.26. The number of aliphatic imine (C=N–C) groups is 1. The molecule has 15 N–H and O–H groups in total.